The zero-order valence-corrected chi connectivity index (χ0v) is 9.35. The molecule has 1 aliphatic carbocycles. The van der Waals surface area contributed by atoms with Crippen molar-refractivity contribution in [2.45, 2.75) is 10.9 Å². The summed E-state index contributed by atoms with van der Waals surface area (Å²) in [6, 6.07) is 0. The molecule has 1 rings (SSSR count). The molecule has 0 saturated heterocycles. The number of alkyl halides is 1. The highest BCUT2D eigenvalue weighted by molar-refractivity contribution is 14.1. The first-order valence-electron chi connectivity index (χ1n) is 2.94. The van der Waals surface area contributed by atoms with Crippen molar-refractivity contribution in [3.8, 4) is 0 Å². The smallest absolute Gasteiger partial charge is 0.145 e. The maximum Gasteiger partial charge on any atom is 0.145 e. The van der Waals surface area contributed by atoms with Gasteiger partial charge in [-0.3, -0.25) is 0 Å². The minimum absolute atomic E-state index is 0.252. The molecule has 0 spiro atoms. The first-order valence-corrected chi connectivity index (χ1v) is 4.81. The van der Waals surface area contributed by atoms with Crippen LogP contribution in [-0.2, 0) is 4.74 Å². The van der Waals surface area contributed by atoms with E-state index in [1.807, 2.05) is 12.2 Å². The van der Waals surface area contributed by atoms with Gasteiger partial charge in [-0.2, -0.15) is 0 Å². The highest BCUT2D eigenvalue weighted by Gasteiger charge is 2.24. The molecule has 0 bridgehead atoms. The Labute approximate surface area is 82.8 Å². The molecule has 0 heterocycles. The van der Waals surface area contributed by atoms with Crippen molar-refractivity contribution < 1.29 is 4.74 Å². The number of ether oxygens (including phenoxy) is 1. The van der Waals surface area contributed by atoms with E-state index in [4.69, 9.17) is 4.74 Å². The molecule has 0 radical (unpaired) electrons. The second kappa shape index (κ2) is 3.36. The molecule has 56 valence electrons. The number of halogens is 2. The quantitative estimate of drug-likeness (QED) is 0.534. The van der Waals surface area contributed by atoms with Gasteiger partial charge in [0, 0.05) is 13.5 Å². The van der Waals surface area contributed by atoms with Gasteiger partial charge in [-0.05, 0) is 48.2 Å². The van der Waals surface area contributed by atoms with E-state index in [1.54, 1.807) is 7.11 Å². The molecule has 10 heavy (non-hydrogen) atoms. The molecule has 0 aromatic carbocycles. The SMILES string of the molecule is COC1(Br)C=CC=C(I)C1. The number of hydrogen-bond donors (Lipinski definition) is 0. The van der Waals surface area contributed by atoms with Crippen LogP contribution in [0.3, 0.4) is 0 Å². The molecule has 0 aliphatic heterocycles. The number of allylic oxidation sites excluding steroid dienone is 2. The summed E-state index contributed by atoms with van der Waals surface area (Å²) in [5, 5.41) is 0. The lowest BCUT2D eigenvalue weighted by molar-refractivity contribution is 0.119. The molecule has 3 heteroatoms. The molecule has 1 nitrogen and oxygen atoms in total. The molecule has 1 atom stereocenters. The monoisotopic (exact) mass is 314 g/mol. The van der Waals surface area contributed by atoms with Crippen molar-refractivity contribution in [1.82, 2.24) is 0 Å². The number of hydrogen-bond acceptors (Lipinski definition) is 1. The molecule has 0 aromatic heterocycles. The molecular formula is C7H8BrIO. The molecule has 1 aliphatic rings. The van der Waals surface area contributed by atoms with E-state index >= 15 is 0 Å². The Hall–Kier alpha value is 0.650. The standard InChI is InChI=1S/C7H8BrIO/c1-10-7(8)4-2-3-6(9)5-7/h2-4H,5H2,1H3. The van der Waals surface area contributed by atoms with Gasteiger partial charge < -0.3 is 4.74 Å². The molecule has 0 N–H and O–H groups in total. The highest BCUT2D eigenvalue weighted by Crippen LogP contribution is 2.34. The number of methoxy groups -OCH3 is 1. The zero-order chi connectivity index (χ0) is 7.61. The Morgan fingerprint density at radius 3 is 2.90 bits per heavy atom. The van der Waals surface area contributed by atoms with Crippen LogP contribution in [-0.4, -0.2) is 11.6 Å². The molecule has 1 unspecified atom stereocenters. The van der Waals surface area contributed by atoms with Crippen molar-refractivity contribution in [1.29, 1.82) is 0 Å². The molecule has 0 aromatic rings. The fourth-order valence-electron chi connectivity index (χ4n) is 0.785. The minimum Gasteiger partial charge on any atom is -0.363 e. The predicted molar refractivity (Wildman–Crippen MR) is 54.5 cm³/mol. The van der Waals surface area contributed by atoms with E-state index < -0.39 is 0 Å². The summed E-state index contributed by atoms with van der Waals surface area (Å²) in [6.07, 6.45) is 7.01. The maximum atomic E-state index is 5.23. The molecule has 0 fully saturated rings. The second-order valence-electron chi connectivity index (χ2n) is 2.14. The highest BCUT2D eigenvalue weighted by atomic mass is 127. The minimum atomic E-state index is -0.252. The average molecular weight is 315 g/mol. The largest absolute Gasteiger partial charge is 0.363 e. The van der Waals surface area contributed by atoms with Gasteiger partial charge in [-0.15, -0.1) is 0 Å². The van der Waals surface area contributed by atoms with E-state index in [9.17, 15) is 0 Å². The van der Waals surface area contributed by atoms with Gasteiger partial charge in [0.15, 0.2) is 0 Å². The van der Waals surface area contributed by atoms with E-state index in [-0.39, 0.29) is 4.51 Å². The van der Waals surface area contributed by atoms with Crippen molar-refractivity contribution in [3.63, 3.8) is 0 Å². The zero-order valence-electron chi connectivity index (χ0n) is 5.60. The van der Waals surface area contributed by atoms with Gasteiger partial charge in [0.05, 0.1) is 0 Å². The molecule has 0 saturated carbocycles. The average Bonchev–Trinajstić information content (AvgIpc) is 1.88. The molecule has 0 amide bonds. The van der Waals surface area contributed by atoms with Crippen LogP contribution in [0.4, 0.5) is 0 Å². The topological polar surface area (TPSA) is 9.23 Å². The van der Waals surface area contributed by atoms with Crippen LogP contribution in [0.5, 0.6) is 0 Å². The van der Waals surface area contributed by atoms with Crippen LogP contribution in [0.25, 0.3) is 0 Å². The van der Waals surface area contributed by atoms with Gasteiger partial charge in [-0.25, -0.2) is 0 Å². The Kier molecular flexibility index (Phi) is 2.94. The van der Waals surface area contributed by atoms with Crippen molar-refractivity contribution in [2.24, 2.45) is 0 Å². The van der Waals surface area contributed by atoms with Gasteiger partial charge in [0.25, 0.3) is 0 Å². The second-order valence-corrected chi connectivity index (χ2v) is 4.87. The van der Waals surface area contributed by atoms with Gasteiger partial charge >= 0.3 is 0 Å². The Morgan fingerprint density at radius 1 is 1.80 bits per heavy atom. The lowest BCUT2D eigenvalue weighted by Crippen LogP contribution is -2.21. The van der Waals surface area contributed by atoms with Gasteiger partial charge in [0.2, 0.25) is 0 Å². The van der Waals surface area contributed by atoms with Crippen LogP contribution < -0.4 is 0 Å². The Balaban J connectivity index is 2.71. The van der Waals surface area contributed by atoms with Crippen LogP contribution in [0.15, 0.2) is 21.8 Å². The lowest BCUT2D eigenvalue weighted by Gasteiger charge is -2.23. The summed E-state index contributed by atoms with van der Waals surface area (Å²) < 4.78 is 6.29. The first kappa shape index (κ1) is 8.74. The van der Waals surface area contributed by atoms with Gasteiger partial charge in [-0.1, -0.05) is 12.2 Å². The van der Waals surface area contributed by atoms with E-state index in [0.717, 1.165) is 6.42 Å². The summed E-state index contributed by atoms with van der Waals surface area (Å²) in [5.74, 6) is 0. The Bertz CT molecular complexity index is 188. The van der Waals surface area contributed by atoms with Gasteiger partial charge in [0.1, 0.15) is 4.51 Å². The fraction of sp³-hybridized carbons (Fsp3) is 0.429. The predicted octanol–water partition coefficient (Wildman–Crippen LogP) is 3.00. The van der Waals surface area contributed by atoms with Crippen LogP contribution in [0.2, 0.25) is 0 Å². The van der Waals surface area contributed by atoms with E-state index in [0.29, 0.717) is 0 Å². The summed E-state index contributed by atoms with van der Waals surface area (Å²) in [4.78, 5) is 0. The molecular weight excluding hydrogens is 307 g/mol. The van der Waals surface area contributed by atoms with Crippen molar-refractivity contribution in [3.05, 3.63) is 21.8 Å². The summed E-state index contributed by atoms with van der Waals surface area (Å²) in [5.41, 5.74) is 0. The Morgan fingerprint density at radius 2 is 2.50 bits per heavy atom. The van der Waals surface area contributed by atoms with Crippen LogP contribution in [0, 0.1) is 0 Å². The van der Waals surface area contributed by atoms with E-state index in [2.05, 4.69) is 44.6 Å². The third-order valence-electron chi connectivity index (χ3n) is 1.37. The third kappa shape index (κ3) is 2.07. The summed E-state index contributed by atoms with van der Waals surface area (Å²) in [6.45, 7) is 0. The van der Waals surface area contributed by atoms with Crippen molar-refractivity contribution >= 4 is 38.5 Å². The van der Waals surface area contributed by atoms with E-state index in [1.165, 1.54) is 3.58 Å². The lowest BCUT2D eigenvalue weighted by atomic mass is 10.1. The first-order chi connectivity index (χ1) is 4.66. The normalized spacial score (nSPS) is 32.1. The number of rotatable bonds is 1. The van der Waals surface area contributed by atoms with Crippen LogP contribution in [0.1, 0.15) is 6.42 Å². The summed E-state index contributed by atoms with van der Waals surface area (Å²) >= 11 is 5.79. The maximum absolute atomic E-state index is 5.23. The van der Waals surface area contributed by atoms with Crippen LogP contribution >= 0.6 is 38.5 Å². The third-order valence-corrected chi connectivity index (χ3v) is 2.98. The van der Waals surface area contributed by atoms with Crippen molar-refractivity contribution in [2.75, 3.05) is 7.11 Å². The summed E-state index contributed by atoms with van der Waals surface area (Å²) in [7, 11) is 1.70. The fourth-order valence-corrected chi connectivity index (χ4v) is 2.54.